The third kappa shape index (κ3) is 3.29. The van der Waals surface area contributed by atoms with Crippen molar-refractivity contribution in [1.29, 1.82) is 0 Å². The molecule has 0 aliphatic rings. The van der Waals surface area contributed by atoms with E-state index in [4.69, 9.17) is 10.2 Å². The molecule has 0 spiro atoms. The van der Waals surface area contributed by atoms with Crippen LogP contribution in [0.1, 0.15) is 31.1 Å². The van der Waals surface area contributed by atoms with Crippen LogP contribution in [0.15, 0.2) is 27.6 Å². The number of aryl methyl sites for hydroxylation is 1. The van der Waals surface area contributed by atoms with Gasteiger partial charge in [0.1, 0.15) is 23.7 Å². The summed E-state index contributed by atoms with van der Waals surface area (Å²) in [6, 6.07) is 4.50. The molecular weight excluding hydrogens is 257 g/mol. The Bertz CT molecular complexity index is 619. The molecule has 3 N–H and O–H groups in total. The number of nitrogens with two attached hydrogens (primary N) is 1. The van der Waals surface area contributed by atoms with Gasteiger partial charge < -0.3 is 15.5 Å². The third-order valence-electron chi connectivity index (χ3n) is 3.23. The molecule has 0 saturated carbocycles. The van der Waals surface area contributed by atoms with Gasteiger partial charge in [-0.2, -0.15) is 0 Å². The van der Waals surface area contributed by atoms with Gasteiger partial charge in [-0.3, -0.25) is 0 Å². The second-order valence-corrected chi connectivity index (χ2v) is 4.77. The lowest BCUT2D eigenvalue weighted by atomic mass is 10.1. The van der Waals surface area contributed by atoms with Crippen molar-refractivity contribution >= 4 is 16.9 Å². The van der Waals surface area contributed by atoms with Crippen molar-refractivity contribution in [3.63, 3.8) is 0 Å². The van der Waals surface area contributed by atoms with Gasteiger partial charge in [-0.05, 0) is 31.5 Å². The molecule has 1 aromatic heterocycles. The maximum atomic E-state index is 13.2. The van der Waals surface area contributed by atoms with E-state index in [2.05, 4.69) is 17.2 Å². The lowest BCUT2D eigenvalue weighted by Crippen LogP contribution is -2.32. The number of hydrogen-bond acceptors (Lipinski definition) is 2. The number of hydrogen-bond donors (Lipinski definition) is 2. The number of rotatable bonds is 5. The summed E-state index contributed by atoms with van der Waals surface area (Å²) >= 11 is 0. The normalized spacial score (nSPS) is 12.1. The Hall–Kier alpha value is -2.04. The third-order valence-corrected chi connectivity index (χ3v) is 3.23. The fourth-order valence-corrected chi connectivity index (χ4v) is 2.00. The number of nitrogens with one attached hydrogen (secondary N) is 1. The highest BCUT2D eigenvalue weighted by Gasteiger charge is 2.10. The molecule has 1 aromatic carbocycles. The molecule has 5 heteroatoms. The van der Waals surface area contributed by atoms with E-state index < -0.39 is 0 Å². The topological polar surface area (TPSA) is 63.5 Å². The summed E-state index contributed by atoms with van der Waals surface area (Å²) in [6.07, 6.45) is 2.16. The minimum atomic E-state index is -0.266. The molecule has 0 aliphatic heterocycles. The molecule has 0 bridgehead atoms. The summed E-state index contributed by atoms with van der Waals surface area (Å²) in [7, 11) is 0. The monoisotopic (exact) mass is 277 g/mol. The summed E-state index contributed by atoms with van der Waals surface area (Å²) in [5.74, 6) is 0.854. The van der Waals surface area contributed by atoms with Gasteiger partial charge in [0.05, 0.1) is 0 Å². The van der Waals surface area contributed by atoms with Gasteiger partial charge in [0.2, 0.25) is 0 Å². The van der Waals surface area contributed by atoms with Crippen LogP contribution in [0.3, 0.4) is 0 Å². The number of benzene rings is 1. The first kappa shape index (κ1) is 14.4. The number of aliphatic imine (C=N–C) groups is 1. The van der Waals surface area contributed by atoms with Crippen LogP contribution in [-0.4, -0.2) is 12.5 Å². The zero-order valence-corrected chi connectivity index (χ0v) is 11.9. The van der Waals surface area contributed by atoms with E-state index in [0.717, 1.165) is 30.3 Å². The van der Waals surface area contributed by atoms with Crippen molar-refractivity contribution < 1.29 is 8.81 Å². The maximum Gasteiger partial charge on any atom is 0.189 e. The van der Waals surface area contributed by atoms with Gasteiger partial charge in [-0.1, -0.05) is 13.3 Å². The van der Waals surface area contributed by atoms with Crippen molar-refractivity contribution in [3.8, 4) is 0 Å². The van der Waals surface area contributed by atoms with Crippen molar-refractivity contribution in [2.24, 2.45) is 10.7 Å². The van der Waals surface area contributed by atoms with E-state index >= 15 is 0 Å². The molecule has 0 atom stereocenters. The van der Waals surface area contributed by atoms with Crippen LogP contribution < -0.4 is 11.1 Å². The lowest BCUT2D eigenvalue weighted by molar-refractivity contribution is 0.547. The first-order valence-corrected chi connectivity index (χ1v) is 6.83. The second kappa shape index (κ2) is 6.41. The Balaban J connectivity index is 2.10. The van der Waals surface area contributed by atoms with E-state index in [-0.39, 0.29) is 5.82 Å². The average Bonchev–Trinajstić information content (AvgIpc) is 2.74. The molecular formula is C15H20FN3O. The number of halogens is 1. The summed E-state index contributed by atoms with van der Waals surface area (Å²) in [6.45, 7) is 5.19. The molecule has 0 unspecified atom stereocenters. The summed E-state index contributed by atoms with van der Waals surface area (Å²) in [4.78, 5) is 4.24. The fraction of sp³-hybridized carbons (Fsp3) is 0.400. The molecule has 20 heavy (non-hydrogen) atoms. The van der Waals surface area contributed by atoms with Crippen LogP contribution in [0, 0.1) is 12.7 Å². The van der Waals surface area contributed by atoms with E-state index in [9.17, 15) is 4.39 Å². The van der Waals surface area contributed by atoms with Crippen LogP contribution >= 0.6 is 0 Å². The van der Waals surface area contributed by atoms with Crippen LogP contribution in [0.5, 0.6) is 0 Å². The Morgan fingerprint density at radius 3 is 3.00 bits per heavy atom. The summed E-state index contributed by atoms with van der Waals surface area (Å²) in [5, 5.41) is 3.83. The summed E-state index contributed by atoms with van der Waals surface area (Å²) in [5.41, 5.74) is 7.35. The number of nitrogens with zero attached hydrogens (tertiary/aromatic N) is 1. The van der Waals surface area contributed by atoms with Gasteiger partial charge in [0.25, 0.3) is 0 Å². The zero-order chi connectivity index (χ0) is 14.5. The standard InChI is InChI=1S/C15H20FN3O/c1-3-4-7-18-15(17)19-9-14-10(2)12-8-11(16)5-6-13(12)20-14/h5-6,8H,3-4,7,9H2,1-2H3,(H3,17,18,19). The predicted molar refractivity (Wildman–Crippen MR) is 79.1 cm³/mol. The number of unbranched alkanes of at least 4 members (excludes halogenated alkanes) is 1. The van der Waals surface area contributed by atoms with E-state index in [1.807, 2.05) is 6.92 Å². The Labute approximate surface area is 117 Å². The van der Waals surface area contributed by atoms with Crippen molar-refractivity contribution in [1.82, 2.24) is 5.32 Å². The maximum absolute atomic E-state index is 13.2. The number of furan rings is 1. The Morgan fingerprint density at radius 1 is 1.45 bits per heavy atom. The van der Waals surface area contributed by atoms with Gasteiger partial charge in [0.15, 0.2) is 5.96 Å². The van der Waals surface area contributed by atoms with E-state index in [1.165, 1.54) is 12.1 Å². The minimum absolute atomic E-state index is 0.266. The van der Waals surface area contributed by atoms with Gasteiger partial charge >= 0.3 is 0 Å². The van der Waals surface area contributed by atoms with Gasteiger partial charge in [-0.15, -0.1) is 0 Å². The highest BCUT2D eigenvalue weighted by atomic mass is 19.1. The largest absolute Gasteiger partial charge is 0.459 e. The average molecular weight is 277 g/mol. The zero-order valence-electron chi connectivity index (χ0n) is 11.9. The molecule has 0 saturated heterocycles. The van der Waals surface area contributed by atoms with Crippen LogP contribution in [0.2, 0.25) is 0 Å². The highest BCUT2D eigenvalue weighted by molar-refractivity contribution is 5.82. The van der Waals surface area contributed by atoms with Crippen molar-refractivity contribution in [2.75, 3.05) is 6.54 Å². The lowest BCUT2D eigenvalue weighted by Gasteiger charge is -2.03. The Morgan fingerprint density at radius 2 is 2.25 bits per heavy atom. The fourth-order valence-electron chi connectivity index (χ4n) is 2.00. The molecule has 0 fully saturated rings. The van der Waals surface area contributed by atoms with Crippen molar-refractivity contribution in [2.45, 2.75) is 33.2 Å². The number of fused-ring (bicyclic) bond motifs is 1. The SMILES string of the molecule is CCCCNC(N)=NCc1oc2ccc(F)cc2c1C. The predicted octanol–water partition coefficient (Wildman–Crippen LogP) is 3.08. The van der Waals surface area contributed by atoms with E-state index in [0.29, 0.717) is 23.8 Å². The first-order valence-electron chi connectivity index (χ1n) is 6.83. The van der Waals surface area contributed by atoms with Gasteiger partial charge in [0, 0.05) is 17.5 Å². The first-order chi connectivity index (χ1) is 9.61. The second-order valence-electron chi connectivity index (χ2n) is 4.77. The molecule has 4 nitrogen and oxygen atoms in total. The molecule has 0 amide bonds. The van der Waals surface area contributed by atoms with Crippen molar-refractivity contribution in [3.05, 3.63) is 35.3 Å². The molecule has 2 rings (SSSR count). The molecule has 108 valence electrons. The molecule has 1 heterocycles. The smallest absolute Gasteiger partial charge is 0.189 e. The van der Waals surface area contributed by atoms with Gasteiger partial charge in [-0.25, -0.2) is 9.38 Å². The molecule has 0 radical (unpaired) electrons. The molecule has 0 aliphatic carbocycles. The summed E-state index contributed by atoms with van der Waals surface area (Å²) < 4.78 is 18.9. The molecule has 2 aromatic rings. The number of guanidine groups is 1. The van der Waals surface area contributed by atoms with E-state index in [1.54, 1.807) is 6.07 Å². The van der Waals surface area contributed by atoms with Crippen LogP contribution in [0.4, 0.5) is 4.39 Å². The van der Waals surface area contributed by atoms with Crippen LogP contribution in [0.25, 0.3) is 11.0 Å². The highest BCUT2D eigenvalue weighted by Crippen LogP contribution is 2.26. The quantitative estimate of drug-likeness (QED) is 0.501. The minimum Gasteiger partial charge on any atom is -0.459 e. The Kier molecular flexibility index (Phi) is 4.61. The van der Waals surface area contributed by atoms with Crippen LogP contribution in [-0.2, 0) is 6.54 Å².